The number of halogens is 2. The zero-order valence-electron chi connectivity index (χ0n) is 15.4. The molecule has 0 amide bonds. The maximum atomic E-state index is 13.3. The van der Waals surface area contributed by atoms with Crippen LogP contribution in [-0.2, 0) is 5.75 Å². The molecule has 0 aliphatic carbocycles. The smallest absolute Gasteiger partial charge is 0.266 e. The summed E-state index contributed by atoms with van der Waals surface area (Å²) in [7, 11) is 1.64. The first kappa shape index (κ1) is 19.8. The van der Waals surface area contributed by atoms with Gasteiger partial charge in [-0.1, -0.05) is 59.2 Å². The summed E-state index contributed by atoms with van der Waals surface area (Å²) in [6, 6.07) is 20.3. The van der Waals surface area contributed by atoms with Crippen molar-refractivity contribution < 1.29 is 4.74 Å². The summed E-state index contributed by atoms with van der Waals surface area (Å²) in [5.41, 5.74) is 2.23. The van der Waals surface area contributed by atoms with E-state index in [1.165, 1.54) is 11.8 Å². The van der Waals surface area contributed by atoms with E-state index >= 15 is 0 Å². The number of rotatable bonds is 5. The van der Waals surface area contributed by atoms with Gasteiger partial charge in [0, 0.05) is 5.75 Å². The maximum Gasteiger partial charge on any atom is 0.266 e. The molecule has 0 aliphatic rings. The number of thioether (sulfide) groups is 1. The molecule has 0 saturated heterocycles. The Kier molecular flexibility index (Phi) is 5.81. The van der Waals surface area contributed by atoms with Gasteiger partial charge in [0.2, 0.25) is 0 Å². The Morgan fingerprint density at radius 2 is 1.76 bits per heavy atom. The van der Waals surface area contributed by atoms with E-state index in [0.29, 0.717) is 37.5 Å². The van der Waals surface area contributed by atoms with E-state index in [9.17, 15) is 4.79 Å². The Morgan fingerprint density at radius 1 is 1.00 bits per heavy atom. The van der Waals surface area contributed by atoms with Crippen molar-refractivity contribution in [3.05, 3.63) is 92.7 Å². The highest BCUT2D eigenvalue weighted by Crippen LogP contribution is 2.28. The van der Waals surface area contributed by atoms with Crippen LogP contribution in [0.3, 0.4) is 0 Å². The van der Waals surface area contributed by atoms with Crippen LogP contribution in [-0.4, -0.2) is 16.7 Å². The number of hydrogen-bond acceptors (Lipinski definition) is 4. The largest absolute Gasteiger partial charge is 0.497 e. The van der Waals surface area contributed by atoms with E-state index in [4.69, 9.17) is 32.9 Å². The van der Waals surface area contributed by atoms with Gasteiger partial charge in [-0.2, -0.15) is 0 Å². The average Bonchev–Trinajstić information content (AvgIpc) is 2.75. The molecule has 4 rings (SSSR count). The lowest BCUT2D eigenvalue weighted by molar-refractivity contribution is 0.414. The van der Waals surface area contributed by atoms with Gasteiger partial charge in [0.25, 0.3) is 5.56 Å². The first-order chi connectivity index (χ1) is 14.1. The summed E-state index contributed by atoms with van der Waals surface area (Å²) in [5.74, 6) is 1.45. The van der Waals surface area contributed by atoms with Crippen molar-refractivity contribution in [2.75, 3.05) is 7.11 Å². The summed E-state index contributed by atoms with van der Waals surface area (Å²) < 4.78 is 6.79. The maximum absolute atomic E-state index is 13.3. The molecule has 0 saturated carbocycles. The highest BCUT2D eigenvalue weighted by molar-refractivity contribution is 7.98. The number of benzene rings is 3. The van der Waals surface area contributed by atoms with Gasteiger partial charge < -0.3 is 4.74 Å². The highest BCUT2D eigenvalue weighted by Gasteiger charge is 2.14. The predicted octanol–water partition coefficient (Wildman–Crippen LogP) is 5.99. The lowest BCUT2D eigenvalue weighted by Crippen LogP contribution is -2.21. The molecule has 0 atom stereocenters. The Hall–Kier alpha value is -2.47. The fourth-order valence-corrected chi connectivity index (χ4v) is 4.19. The molecule has 0 radical (unpaired) electrons. The number of para-hydroxylation sites is 1. The minimum Gasteiger partial charge on any atom is -0.497 e. The van der Waals surface area contributed by atoms with Gasteiger partial charge >= 0.3 is 0 Å². The van der Waals surface area contributed by atoms with E-state index < -0.39 is 0 Å². The lowest BCUT2D eigenvalue weighted by Gasteiger charge is -2.14. The van der Waals surface area contributed by atoms with E-state index in [-0.39, 0.29) is 5.56 Å². The number of fused-ring (bicyclic) bond motifs is 1. The van der Waals surface area contributed by atoms with Gasteiger partial charge in [0.1, 0.15) is 5.75 Å². The van der Waals surface area contributed by atoms with Crippen molar-refractivity contribution in [2.24, 2.45) is 0 Å². The monoisotopic (exact) mass is 442 g/mol. The van der Waals surface area contributed by atoms with Crippen LogP contribution in [0.25, 0.3) is 16.6 Å². The third-order valence-electron chi connectivity index (χ3n) is 4.43. The van der Waals surface area contributed by atoms with Crippen LogP contribution in [0.1, 0.15) is 5.56 Å². The normalized spacial score (nSPS) is 11.0. The molecular formula is C22H16Cl2N2O2S. The van der Waals surface area contributed by atoms with Crippen molar-refractivity contribution in [1.29, 1.82) is 0 Å². The van der Waals surface area contributed by atoms with E-state index in [1.54, 1.807) is 35.9 Å². The van der Waals surface area contributed by atoms with Crippen molar-refractivity contribution in [3.63, 3.8) is 0 Å². The van der Waals surface area contributed by atoms with Gasteiger partial charge in [0.15, 0.2) is 5.16 Å². The van der Waals surface area contributed by atoms with E-state index in [0.717, 1.165) is 11.3 Å². The fraction of sp³-hybridized carbons (Fsp3) is 0.0909. The van der Waals surface area contributed by atoms with Gasteiger partial charge in [-0.05, 0) is 48.0 Å². The minimum absolute atomic E-state index is 0.147. The molecule has 0 bridgehead atoms. The highest BCUT2D eigenvalue weighted by atomic mass is 35.5. The molecule has 1 heterocycles. The lowest BCUT2D eigenvalue weighted by atomic mass is 10.2. The molecule has 4 aromatic rings. The number of methoxy groups -OCH3 is 1. The Labute approximate surface area is 182 Å². The summed E-state index contributed by atoms with van der Waals surface area (Å²) in [5, 5.41) is 1.95. The van der Waals surface area contributed by atoms with E-state index in [2.05, 4.69) is 0 Å². The van der Waals surface area contributed by atoms with Gasteiger partial charge in [-0.3, -0.25) is 9.36 Å². The molecule has 0 unspecified atom stereocenters. The number of aromatic nitrogens is 2. The van der Waals surface area contributed by atoms with Gasteiger partial charge in [0.05, 0.1) is 33.7 Å². The molecule has 4 nitrogen and oxygen atoms in total. The first-order valence-electron chi connectivity index (χ1n) is 8.80. The van der Waals surface area contributed by atoms with Crippen LogP contribution in [0, 0.1) is 0 Å². The quantitative estimate of drug-likeness (QED) is 0.281. The van der Waals surface area contributed by atoms with Gasteiger partial charge in [-0.15, -0.1) is 0 Å². The molecule has 3 aromatic carbocycles. The minimum atomic E-state index is -0.147. The molecule has 0 spiro atoms. The fourth-order valence-electron chi connectivity index (χ4n) is 2.93. The van der Waals surface area contributed by atoms with Crippen molar-refractivity contribution in [1.82, 2.24) is 9.55 Å². The van der Waals surface area contributed by atoms with Gasteiger partial charge in [-0.25, -0.2) is 4.98 Å². The SMILES string of the molecule is COc1ccc(CSc2nc3ccccc3c(=O)n2-c2ccc(Cl)c(Cl)c2)cc1. The second kappa shape index (κ2) is 8.49. The summed E-state index contributed by atoms with van der Waals surface area (Å²) in [6.45, 7) is 0. The molecule has 146 valence electrons. The zero-order chi connectivity index (χ0) is 20.4. The summed E-state index contributed by atoms with van der Waals surface area (Å²) in [4.78, 5) is 18.0. The molecule has 29 heavy (non-hydrogen) atoms. The molecular weight excluding hydrogens is 427 g/mol. The summed E-state index contributed by atoms with van der Waals surface area (Å²) in [6.07, 6.45) is 0. The second-order valence-electron chi connectivity index (χ2n) is 6.29. The first-order valence-corrected chi connectivity index (χ1v) is 10.5. The average molecular weight is 443 g/mol. The third kappa shape index (κ3) is 4.13. The molecule has 0 fully saturated rings. The predicted molar refractivity (Wildman–Crippen MR) is 120 cm³/mol. The summed E-state index contributed by atoms with van der Waals surface area (Å²) >= 11 is 13.7. The number of ether oxygens (including phenoxy) is 1. The van der Waals surface area contributed by atoms with Crippen molar-refractivity contribution >= 4 is 45.9 Å². The Morgan fingerprint density at radius 3 is 2.48 bits per heavy atom. The second-order valence-corrected chi connectivity index (χ2v) is 8.04. The Bertz CT molecular complexity index is 1240. The molecule has 1 aromatic heterocycles. The number of hydrogen-bond donors (Lipinski definition) is 0. The van der Waals surface area contributed by atoms with Crippen LogP contribution in [0.15, 0.2) is 76.7 Å². The van der Waals surface area contributed by atoms with Crippen molar-refractivity contribution in [2.45, 2.75) is 10.9 Å². The number of nitrogens with zero attached hydrogens (tertiary/aromatic N) is 2. The van der Waals surface area contributed by atoms with Crippen LogP contribution >= 0.6 is 35.0 Å². The third-order valence-corrected chi connectivity index (χ3v) is 6.18. The molecule has 7 heteroatoms. The topological polar surface area (TPSA) is 44.1 Å². The molecule has 0 aliphatic heterocycles. The van der Waals surface area contributed by atoms with Crippen LogP contribution in [0.2, 0.25) is 10.0 Å². The van der Waals surface area contributed by atoms with Crippen LogP contribution in [0.4, 0.5) is 0 Å². The van der Waals surface area contributed by atoms with Crippen LogP contribution in [0.5, 0.6) is 5.75 Å². The van der Waals surface area contributed by atoms with E-state index in [1.807, 2.05) is 42.5 Å². The van der Waals surface area contributed by atoms with Crippen LogP contribution < -0.4 is 10.3 Å². The standard InChI is InChI=1S/C22H16Cl2N2O2S/c1-28-16-9-6-14(7-10-16)13-29-22-25-20-5-3-2-4-17(20)21(27)26(22)15-8-11-18(23)19(24)12-15/h2-12H,13H2,1H3. The van der Waals surface area contributed by atoms with Crippen molar-refractivity contribution in [3.8, 4) is 11.4 Å². The zero-order valence-corrected chi connectivity index (χ0v) is 17.8. The Balaban J connectivity index is 1.80. The molecule has 0 N–H and O–H groups in total.